The second-order valence-corrected chi connectivity index (χ2v) is 6.41. The summed E-state index contributed by atoms with van der Waals surface area (Å²) in [7, 11) is 4.77. The van der Waals surface area contributed by atoms with Crippen LogP contribution in [0.4, 0.5) is 5.69 Å². The second kappa shape index (κ2) is 6.73. The van der Waals surface area contributed by atoms with Crippen LogP contribution in [0, 0.1) is 0 Å². The summed E-state index contributed by atoms with van der Waals surface area (Å²) >= 11 is 3.47. The minimum Gasteiger partial charge on any atom is -0.496 e. The van der Waals surface area contributed by atoms with Crippen molar-refractivity contribution in [2.24, 2.45) is 0 Å². The number of carbonyl (C=O) groups is 1. The number of nitrogens with one attached hydrogen (secondary N) is 1. The standard InChI is InChI=1S/C18H18BrNO4/c1-22-15-9-17(24-3)16(23-2)7-10(15)6-13-12-8-11(19)4-5-14(12)20-18(13)21/h4-5,7-9,13H,6H2,1-3H3,(H,20,21). The van der Waals surface area contributed by atoms with Crippen LogP contribution in [0.5, 0.6) is 17.2 Å². The van der Waals surface area contributed by atoms with Crippen LogP contribution >= 0.6 is 15.9 Å². The zero-order chi connectivity index (χ0) is 17.3. The number of carbonyl (C=O) groups excluding carboxylic acids is 1. The van der Waals surface area contributed by atoms with E-state index in [1.54, 1.807) is 27.4 Å². The van der Waals surface area contributed by atoms with E-state index in [9.17, 15) is 4.79 Å². The molecule has 2 aromatic rings. The molecule has 0 aliphatic carbocycles. The molecule has 0 bridgehead atoms. The highest BCUT2D eigenvalue weighted by molar-refractivity contribution is 9.10. The van der Waals surface area contributed by atoms with Crippen molar-refractivity contribution in [3.8, 4) is 17.2 Å². The van der Waals surface area contributed by atoms with Crippen molar-refractivity contribution in [1.29, 1.82) is 0 Å². The summed E-state index contributed by atoms with van der Waals surface area (Å²) in [5, 5.41) is 2.93. The van der Waals surface area contributed by atoms with Gasteiger partial charge in [0.2, 0.25) is 5.91 Å². The molecule has 0 saturated heterocycles. The lowest BCUT2D eigenvalue weighted by Crippen LogP contribution is -2.14. The largest absolute Gasteiger partial charge is 0.496 e. The summed E-state index contributed by atoms with van der Waals surface area (Å²) in [5.74, 6) is 1.59. The Balaban J connectivity index is 2.00. The van der Waals surface area contributed by atoms with Crippen molar-refractivity contribution in [1.82, 2.24) is 0 Å². The minimum atomic E-state index is -0.274. The number of methoxy groups -OCH3 is 3. The number of fused-ring (bicyclic) bond motifs is 1. The van der Waals surface area contributed by atoms with Crippen LogP contribution in [0.3, 0.4) is 0 Å². The molecule has 1 amide bonds. The molecule has 6 heteroatoms. The molecule has 1 aliphatic heterocycles. The Morgan fingerprint density at radius 1 is 1.00 bits per heavy atom. The van der Waals surface area contributed by atoms with Crippen LogP contribution < -0.4 is 19.5 Å². The Morgan fingerprint density at radius 3 is 2.33 bits per heavy atom. The number of amides is 1. The van der Waals surface area contributed by atoms with Crippen LogP contribution in [0.2, 0.25) is 0 Å². The molecule has 3 rings (SSSR count). The predicted molar refractivity (Wildman–Crippen MR) is 95.3 cm³/mol. The van der Waals surface area contributed by atoms with E-state index in [0.29, 0.717) is 23.7 Å². The Bertz CT molecular complexity index is 791. The molecule has 1 atom stereocenters. The van der Waals surface area contributed by atoms with E-state index >= 15 is 0 Å². The average molecular weight is 392 g/mol. The van der Waals surface area contributed by atoms with Crippen LogP contribution in [0.15, 0.2) is 34.8 Å². The summed E-state index contributed by atoms with van der Waals surface area (Å²) < 4.78 is 17.1. The lowest BCUT2D eigenvalue weighted by molar-refractivity contribution is -0.117. The first-order chi connectivity index (χ1) is 11.6. The van der Waals surface area contributed by atoms with Gasteiger partial charge in [-0.15, -0.1) is 0 Å². The number of hydrogen-bond donors (Lipinski definition) is 1. The first-order valence-corrected chi connectivity index (χ1v) is 8.26. The van der Waals surface area contributed by atoms with Crippen molar-refractivity contribution in [2.45, 2.75) is 12.3 Å². The molecule has 126 valence electrons. The van der Waals surface area contributed by atoms with E-state index in [0.717, 1.165) is 21.3 Å². The Labute approximate surface area is 149 Å². The van der Waals surface area contributed by atoms with Gasteiger partial charge < -0.3 is 19.5 Å². The highest BCUT2D eigenvalue weighted by atomic mass is 79.9. The van der Waals surface area contributed by atoms with Crippen molar-refractivity contribution >= 4 is 27.5 Å². The third-order valence-electron chi connectivity index (χ3n) is 4.17. The number of halogens is 1. The van der Waals surface area contributed by atoms with Crippen molar-refractivity contribution in [3.05, 3.63) is 45.9 Å². The van der Waals surface area contributed by atoms with Crippen LogP contribution in [0.25, 0.3) is 0 Å². The molecule has 1 aliphatic rings. The lowest BCUT2D eigenvalue weighted by atomic mass is 9.92. The smallest absolute Gasteiger partial charge is 0.232 e. The first-order valence-electron chi connectivity index (χ1n) is 7.46. The van der Waals surface area contributed by atoms with Gasteiger partial charge in [-0.1, -0.05) is 15.9 Å². The van der Waals surface area contributed by atoms with Gasteiger partial charge >= 0.3 is 0 Å². The highest BCUT2D eigenvalue weighted by Gasteiger charge is 2.31. The third-order valence-corrected chi connectivity index (χ3v) is 4.67. The van der Waals surface area contributed by atoms with Gasteiger partial charge in [-0.25, -0.2) is 0 Å². The van der Waals surface area contributed by atoms with Crippen molar-refractivity contribution in [2.75, 3.05) is 26.6 Å². The van der Waals surface area contributed by atoms with Gasteiger partial charge in [0.25, 0.3) is 0 Å². The SMILES string of the molecule is COc1cc(OC)c(OC)cc1CC1C(=O)Nc2ccc(Br)cc21. The third kappa shape index (κ3) is 2.94. The molecule has 0 radical (unpaired) electrons. The Kier molecular flexibility index (Phi) is 4.66. The predicted octanol–water partition coefficient (Wildman–Crippen LogP) is 3.75. The topological polar surface area (TPSA) is 56.8 Å². The number of hydrogen-bond acceptors (Lipinski definition) is 4. The van der Waals surface area contributed by atoms with Gasteiger partial charge in [0.05, 0.1) is 27.2 Å². The molecule has 0 spiro atoms. The zero-order valence-corrected chi connectivity index (χ0v) is 15.3. The number of ether oxygens (including phenoxy) is 3. The van der Waals surface area contributed by atoms with Crippen LogP contribution in [0.1, 0.15) is 17.0 Å². The molecule has 0 saturated carbocycles. The van der Waals surface area contributed by atoms with E-state index in [2.05, 4.69) is 21.2 Å². The fourth-order valence-corrected chi connectivity index (χ4v) is 3.35. The van der Waals surface area contributed by atoms with Gasteiger partial charge in [0.15, 0.2) is 11.5 Å². The number of anilines is 1. The van der Waals surface area contributed by atoms with Crippen molar-refractivity contribution < 1.29 is 19.0 Å². The molecule has 1 unspecified atom stereocenters. The molecular weight excluding hydrogens is 374 g/mol. The summed E-state index contributed by atoms with van der Waals surface area (Å²) in [6.07, 6.45) is 0.513. The molecule has 1 N–H and O–H groups in total. The van der Waals surface area contributed by atoms with E-state index in [4.69, 9.17) is 14.2 Å². The monoisotopic (exact) mass is 391 g/mol. The van der Waals surface area contributed by atoms with E-state index in [-0.39, 0.29) is 11.8 Å². The maximum atomic E-state index is 12.4. The van der Waals surface area contributed by atoms with E-state index < -0.39 is 0 Å². The van der Waals surface area contributed by atoms with Crippen LogP contribution in [-0.4, -0.2) is 27.2 Å². The van der Waals surface area contributed by atoms with Gasteiger partial charge in [-0.05, 0) is 41.8 Å². The Hall–Kier alpha value is -2.21. The van der Waals surface area contributed by atoms with Gasteiger partial charge in [-0.2, -0.15) is 0 Å². The fourth-order valence-electron chi connectivity index (χ4n) is 2.97. The Morgan fingerprint density at radius 2 is 1.67 bits per heavy atom. The van der Waals surface area contributed by atoms with Crippen LogP contribution in [-0.2, 0) is 11.2 Å². The van der Waals surface area contributed by atoms with Gasteiger partial charge in [0, 0.05) is 16.2 Å². The first kappa shape index (κ1) is 16.6. The quantitative estimate of drug-likeness (QED) is 0.842. The maximum Gasteiger partial charge on any atom is 0.232 e. The molecule has 5 nitrogen and oxygen atoms in total. The summed E-state index contributed by atoms with van der Waals surface area (Å²) in [6.45, 7) is 0. The molecule has 0 fully saturated rings. The average Bonchev–Trinajstić information content (AvgIpc) is 2.89. The number of benzene rings is 2. The van der Waals surface area contributed by atoms with Crippen molar-refractivity contribution in [3.63, 3.8) is 0 Å². The van der Waals surface area contributed by atoms with E-state index in [1.807, 2.05) is 24.3 Å². The summed E-state index contributed by atoms with van der Waals surface area (Å²) in [6, 6.07) is 9.44. The molecular formula is C18H18BrNO4. The summed E-state index contributed by atoms with van der Waals surface area (Å²) in [4.78, 5) is 12.4. The van der Waals surface area contributed by atoms with Gasteiger partial charge in [0.1, 0.15) is 5.75 Å². The molecule has 0 aromatic heterocycles. The molecule has 24 heavy (non-hydrogen) atoms. The van der Waals surface area contributed by atoms with Gasteiger partial charge in [-0.3, -0.25) is 4.79 Å². The maximum absolute atomic E-state index is 12.4. The lowest BCUT2D eigenvalue weighted by Gasteiger charge is -2.16. The fraction of sp³-hybridized carbons (Fsp3) is 0.278. The normalized spacial score (nSPS) is 15.7. The zero-order valence-electron chi connectivity index (χ0n) is 13.7. The number of rotatable bonds is 5. The summed E-state index contributed by atoms with van der Waals surface area (Å²) in [5.41, 5.74) is 2.72. The minimum absolute atomic E-state index is 0.0139. The molecule has 2 aromatic carbocycles. The molecule has 1 heterocycles. The van der Waals surface area contributed by atoms with E-state index in [1.165, 1.54) is 0 Å². The highest BCUT2D eigenvalue weighted by Crippen LogP contribution is 2.41. The second-order valence-electron chi connectivity index (χ2n) is 5.50.